The topological polar surface area (TPSA) is 61.8 Å². The van der Waals surface area contributed by atoms with E-state index in [9.17, 15) is 9.90 Å². The van der Waals surface area contributed by atoms with Crippen molar-refractivity contribution in [1.29, 1.82) is 0 Å². The van der Waals surface area contributed by atoms with Gasteiger partial charge < -0.3 is 20.1 Å². The summed E-state index contributed by atoms with van der Waals surface area (Å²) in [6.45, 7) is 12.5. The smallest absolute Gasteiger partial charge is 0.322 e. The molecule has 0 saturated carbocycles. The molecule has 0 aliphatic rings. The molecule has 2 aromatic carbocycles. The van der Waals surface area contributed by atoms with Crippen molar-refractivity contribution in [1.82, 2.24) is 4.90 Å². The summed E-state index contributed by atoms with van der Waals surface area (Å²) in [6, 6.07) is 14.1. The molecule has 0 aliphatic heterocycles. The number of urea groups is 1. The molecule has 0 saturated heterocycles. The largest absolute Gasteiger partial charge is 0.494 e. The van der Waals surface area contributed by atoms with E-state index in [0.717, 1.165) is 54.8 Å². The van der Waals surface area contributed by atoms with Crippen LogP contribution in [0.25, 0.3) is 0 Å². The van der Waals surface area contributed by atoms with Crippen molar-refractivity contribution in [2.45, 2.75) is 86.1 Å². The summed E-state index contributed by atoms with van der Waals surface area (Å²) < 4.78 is 5.88. The van der Waals surface area contributed by atoms with Crippen LogP contribution in [-0.4, -0.2) is 35.8 Å². The van der Waals surface area contributed by atoms with Crippen LogP contribution in [0.5, 0.6) is 5.75 Å². The highest BCUT2D eigenvalue weighted by Crippen LogP contribution is 2.22. The molecule has 0 aromatic heterocycles. The molecule has 0 radical (unpaired) electrons. The van der Waals surface area contributed by atoms with E-state index in [4.69, 9.17) is 4.74 Å². The van der Waals surface area contributed by atoms with Gasteiger partial charge in [0.25, 0.3) is 0 Å². The van der Waals surface area contributed by atoms with E-state index >= 15 is 0 Å². The molecule has 0 heterocycles. The molecule has 0 aliphatic carbocycles. The summed E-state index contributed by atoms with van der Waals surface area (Å²) in [5.41, 5.74) is 4.15. The highest BCUT2D eigenvalue weighted by molar-refractivity contribution is 5.90. The van der Waals surface area contributed by atoms with E-state index in [1.54, 1.807) is 0 Å². The number of anilines is 1. The first-order valence-electron chi connectivity index (χ1n) is 13.2. The zero-order valence-electron chi connectivity index (χ0n) is 22.5. The van der Waals surface area contributed by atoms with E-state index in [-0.39, 0.29) is 18.1 Å². The third kappa shape index (κ3) is 10.7. The molecule has 0 fully saturated rings. The molecule has 194 valence electrons. The third-order valence-electron chi connectivity index (χ3n) is 6.43. The van der Waals surface area contributed by atoms with Crippen LogP contribution < -0.4 is 10.1 Å². The van der Waals surface area contributed by atoms with Crippen molar-refractivity contribution in [2.75, 3.05) is 25.1 Å². The number of benzene rings is 2. The van der Waals surface area contributed by atoms with Crippen LogP contribution in [0, 0.1) is 19.3 Å². The van der Waals surface area contributed by atoms with Crippen LogP contribution in [0.1, 0.15) is 82.4 Å². The number of carbonyl (C=O) groups is 1. The number of aliphatic hydroxyl groups excluding tert-OH is 1. The van der Waals surface area contributed by atoms with Gasteiger partial charge in [-0.2, -0.15) is 0 Å². The second-order valence-corrected chi connectivity index (χ2v) is 10.5. The van der Waals surface area contributed by atoms with Gasteiger partial charge in [0.05, 0.1) is 6.61 Å². The van der Waals surface area contributed by atoms with Crippen molar-refractivity contribution in [3.05, 3.63) is 59.2 Å². The highest BCUT2D eigenvalue weighted by Gasteiger charge is 2.16. The SMILES string of the molecule is CCCCCCCN(Cc1ccc(OCCCC(C)(C)CO)cc1)C(=O)Nc1ccc(C)cc1C. The number of nitrogens with zero attached hydrogens (tertiary/aromatic N) is 1. The Kier molecular flexibility index (Phi) is 12.1. The molecule has 0 atom stereocenters. The van der Waals surface area contributed by atoms with Crippen LogP contribution >= 0.6 is 0 Å². The fraction of sp³-hybridized carbons (Fsp3) is 0.567. The lowest BCUT2D eigenvalue weighted by Gasteiger charge is -2.24. The van der Waals surface area contributed by atoms with Gasteiger partial charge in [0.1, 0.15) is 5.75 Å². The molecule has 2 N–H and O–H groups in total. The minimum absolute atomic E-state index is 0.0562. The van der Waals surface area contributed by atoms with Gasteiger partial charge in [-0.15, -0.1) is 0 Å². The number of nitrogens with one attached hydrogen (secondary N) is 1. The molecule has 5 nitrogen and oxygen atoms in total. The number of hydrogen-bond donors (Lipinski definition) is 2. The molecule has 35 heavy (non-hydrogen) atoms. The van der Waals surface area contributed by atoms with Crippen molar-refractivity contribution < 1.29 is 14.6 Å². The molecular formula is C30H46N2O3. The van der Waals surface area contributed by atoms with Crippen LogP contribution in [0.15, 0.2) is 42.5 Å². The zero-order chi connectivity index (χ0) is 25.7. The summed E-state index contributed by atoms with van der Waals surface area (Å²) in [4.78, 5) is 15.1. The normalized spacial score (nSPS) is 11.4. The maximum Gasteiger partial charge on any atom is 0.322 e. The first-order valence-corrected chi connectivity index (χ1v) is 13.2. The Morgan fingerprint density at radius 2 is 1.71 bits per heavy atom. The summed E-state index contributed by atoms with van der Waals surface area (Å²) in [5, 5.41) is 12.5. The number of aliphatic hydroxyl groups is 1. The van der Waals surface area contributed by atoms with E-state index < -0.39 is 0 Å². The van der Waals surface area contributed by atoms with Gasteiger partial charge in [-0.1, -0.05) is 76.3 Å². The minimum atomic E-state index is -0.0646. The first-order chi connectivity index (χ1) is 16.7. The number of ether oxygens (including phenoxy) is 1. The van der Waals surface area contributed by atoms with Gasteiger partial charge in [0, 0.05) is 25.4 Å². The van der Waals surface area contributed by atoms with Gasteiger partial charge >= 0.3 is 6.03 Å². The Balaban J connectivity index is 1.96. The van der Waals surface area contributed by atoms with Crippen LogP contribution in [0.2, 0.25) is 0 Å². The van der Waals surface area contributed by atoms with Crippen molar-refractivity contribution >= 4 is 11.7 Å². The van der Waals surface area contributed by atoms with Crippen molar-refractivity contribution in [3.63, 3.8) is 0 Å². The summed E-state index contributed by atoms with van der Waals surface area (Å²) >= 11 is 0. The zero-order valence-corrected chi connectivity index (χ0v) is 22.5. The number of unbranched alkanes of at least 4 members (excludes halogenated alkanes) is 4. The average molecular weight is 483 g/mol. The molecule has 0 spiro atoms. The fourth-order valence-electron chi connectivity index (χ4n) is 4.04. The van der Waals surface area contributed by atoms with Crippen LogP contribution in [0.3, 0.4) is 0 Å². The fourth-order valence-corrected chi connectivity index (χ4v) is 4.04. The Hall–Kier alpha value is -2.53. The molecule has 2 rings (SSSR count). The van der Waals surface area contributed by atoms with Crippen LogP contribution in [0.4, 0.5) is 10.5 Å². The second-order valence-electron chi connectivity index (χ2n) is 10.5. The average Bonchev–Trinajstić information content (AvgIpc) is 2.83. The molecule has 2 aromatic rings. The lowest BCUT2D eigenvalue weighted by Crippen LogP contribution is -2.35. The number of aryl methyl sites for hydroxylation is 2. The minimum Gasteiger partial charge on any atom is -0.494 e. The van der Waals surface area contributed by atoms with Gasteiger partial charge in [-0.3, -0.25) is 0 Å². The van der Waals surface area contributed by atoms with Crippen molar-refractivity contribution in [3.8, 4) is 5.75 Å². The molecule has 5 heteroatoms. The highest BCUT2D eigenvalue weighted by atomic mass is 16.5. The predicted molar refractivity (Wildman–Crippen MR) is 146 cm³/mol. The molecule has 2 amide bonds. The number of carbonyl (C=O) groups excluding carboxylic acids is 1. The summed E-state index contributed by atoms with van der Waals surface area (Å²) in [6.07, 6.45) is 7.64. The quantitative estimate of drug-likeness (QED) is 0.259. The molecular weight excluding hydrogens is 436 g/mol. The Morgan fingerprint density at radius 1 is 1.00 bits per heavy atom. The predicted octanol–water partition coefficient (Wildman–Crippen LogP) is 7.49. The Labute approximate surface area is 212 Å². The standard InChI is InChI=1S/C30H46N2O3/c1-6-7-8-9-10-19-32(29(34)31-28-17-12-24(2)21-25(28)3)22-26-13-15-27(16-14-26)35-20-11-18-30(4,5)23-33/h12-17,21,33H,6-11,18-20,22-23H2,1-5H3,(H,31,34). The van der Waals surface area contributed by atoms with Gasteiger partial charge in [-0.25, -0.2) is 4.79 Å². The van der Waals surface area contributed by atoms with E-state index in [1.165, 1.54) is 24.8 Å². The Bertz CT molecular complexity index is 893. The first kappa shape index (κ1) is 28.7. The van der Waals surface area contributed by atoms with E-state index in [0.29, 0.717) is 13.2 Å². The number of rotatable bonds is 15. The van der Waals surface area contributed by atoms with Crippen LogP contribution in [-0.2, 0) is 6.54 Å². The monoisotopic (exact) mass is 482 g/mol. The van der Waals surface area contributed by atoms with Gasteiger partial charge in [0.15, 0.2) is 0 Å². The summed E-state index contributed by atoms with van der Waals surface area (Å²) in [5.74, 6) is 0.835. The maximum absolute atomic E-state index is 13.2. The molecule has 0 bridgehead atoms. The lowest BCUT2D eigenvalue weighted by molar-refractivity contribution is 0.140. The molecule has 0 unspecified atom stereocenters. The number of hydrogen-bond acceptors (Lipinski definition) is 3. The summed E-state index contributed by atoms with van der Waals surface area (Å²) in [7, 11) is 0. The van der Waals surface area contributed by atoms with E-state index in [1.807, 2.05) is 48.2 Å². The lowest BCUT2D eigenvalue weighted by atomic mass is 9.89. The van der Waals surface area contributed by atoms with E-state index in [2.05, 4.69) is 39.1 Å². The second kappa shape index (κ2) is 14.8. The third-order valence-corrected chi connectivity index (χ3v) is 6.43. The Morgan fingerprint density at radius 3 is 2.37 bits per heavy atom. The van der Waals surface area contributed by atoms with Crippen molar-refractivity contribution in [2.24, 2.45) is 5.41 Å². The number of amides is 2. The van der Waals surface area contributed by atoms with Gasteiger partial charge in [0.2, 0.25) is 0 Å². The van der Waals surface area contributed by atoms with Gasteiger partial charge in [-0.05, 0) is 67.9 Å². The maximum atomic E-state index is 13.2.